The van der Waals surface area contributed by atoms with Crippen LogP contribution in [0.2, 0.25) is 0 Å². The van der Waals surface area contributed by atoms with Crippen LogP contribution in [-0.4, -0.2) is 14.7 Å². The van der Waals surface area contributed by atoms with Crippen LogP contribution < -0.4 is 0 Å². The van der Waals surface area contributed by atoms with Crippen molar-refractivity contribution in [3.63, 3.8) is 0 Å². The zero-order valence-electron chi connectivity index (χ0n) is 13.9. The largest absolute Gasteiger partial charge is 0.464 e. The smallest absolute Gasteiger partial charge is 0.134 e. The third-order valence-corrected chi connectivity index (χ3v) is 5.22. The van der Waals surface area contributed by atoms with E-state index < -0.39 is 6.10 Å². The first-order chi connectivity index (χ1) is 12.2. The summed E-state index contributed by atoms with van der Waals surface area (Å²) in [5.74, 6) is 0. The van der Waals surface area contributed by atoms with Crippen molar-refractivity contribution in [2.24, 2.45) is 0 Å². The third kappa shape index (κ3) is 2.14. The van der Waals surface area contributed by atoms with Crippen LogP contribution in [0.3, 0.4) is 0 Å². The molecule has 1 N–H and O–H groups in total. The Balaban J connectivity index is 1.51. The number of aliphatic hydroxyl groups excluding tert-OH is 1. The average molecular weight is 330 g/mol. The second-order valence-corrected chi connectivity index (χ2v) is 6.72. The molecule has 4 aromatic rings. The molecule has 1 aliphatic rings. The zero-order chi connectivity index (χ0) is 17.0. The second kappa shape index (κ2) is 5.33. The van der Waals surface area contributed by atoms with E-state index in [1.807, 2.05) is 43.7 Å². The first-order valence-corrected chi connectivity index (χ1v) is 8.49. The summed E-state index contributed by atoms with van der Waals surface area (Å²) in [6, 6.07) is 14.4. The van der Waals surface area contributed by atoms with E-state index >= 15 is 0 Å². The van der Waals surface area contributed by atoms with Crippen LogP contribution in [0, 0.1) is 6.92 Å². The van der Waals surface area contributed by atoms with Gasteiger partial charge in [-0.05, 0) is 35.7 Å². The van der Waals surface area contributed by atoms with Crippen LogP contribution >= 0.6 is 0 Å². The van der Waals surface area contributed by atoms with E-state index in [0.717, 1.165) is 27.8 Å². The molecule has 0 amide bonds. The molecule has 25 heavy (non-hydrogen) atoms. The van der Waals surface area contributed by atoms with Crippen molar-refractivity contribution in [1.82, 2.24) is 9.55 Å². The van der Waals surface area contributed by atoms with Gasteiger partial charge in [0.1, 0.15) is 5.58 Å². The van der Waals surface area contributed by atoms with Crippen molar-refractivity contribution in [3.8, 4) is 11.3 Å². The first kappa shape index (κ1) is 14.5. The van der Waals surface area contributed by atoms with Crippen molar-refractivity contribution in [2.75, 3.05) is 0 Å². The summed E-state index contributed by atoms with van der Waals surface area (Å²) in [5.41, 5.74) is 6.44. The Morgan fingerprint density at radius 1 is 1.24 bits per heavy atom. The molecule has 1 aliphatic heterocycles. The average Bonchev–Trinajstić information content (AvgIpc) is 3.32. The number of rotatable bonds is 3. The Kier molecular flexibility index (Phi) is 3.09. The number of hydrogen-bond donors (Lipinski definition) is 1. The number of hydrogen-bond acceptors (Lipinski definition) is 3. The molecule has 0 saturated carbocycles. The van der Waals surface area contributed by atoms with E-state index in [4.69, 9.17) is 4.42 Å². The Hall–Kier alpha value is -2.85. The van der Waals surface area contributed by atoms with Gasteiger partial charge in [0, 0.05) is 17.4 Å². The minimum Gasteiger partial charge on any atom is -0.464 e. The molecule has 2 atom stereocenters. The van der Waals surface area contributed by atoms with Crippen molar-refractivity contribution in [1.29, 1.82) is 0 Å². The van der Waals surface area contributed by atoms with E-state index in [0.29, 0.717) is 6.42 Å². The second-order valence-electron chi connectivity index (χ2n) is 6.72. The van der Waals surface area contributed by atoms with Crippen LogP contribution in [0.4, 0.5) is 0 Å². The number of aryl methyl sites for hydroxylation is 1. The Morgan fingerprint density at radius 3 is 3.04 bits per heavy atom. The van der Waals surface area contributed by atoms with Crippen molar-refractivity contribution in [3.05, 3.63) is 77.9 Å². The molecule has 2 aromatic heterocycles. The molecular weight excluding hydrogens is 312 g/mol. The van der Waals surface area contributed by atoms with Crippen molar-refractivity contribution >= 4 is 11.0 Å². The molecule has 0 spiro atoms. The molecule has 0 radical (unpaired) electrons. The molecule has 124 valence electrons. The predicted molar refractivity (Wildman–Crippen MR) is 96.3 cm³/mol. The molecule has 5 rings (SSSR count). The lowest BCUT2D eigenvalue weighted by Gasteiger charge is -2.19. The summed E-state index contributed by atoms with van der Waals surface area (Å²) in [4.78, 5) is 4.29. The molecule has 4 heteroatoms. The number of aromatic nitrogens is 2. The topological polar surface area (TPSA) is 51.2 Å². The fourth-order valence-electron chi connectivity index (χ4n) is 3.90. The quantitative estimate of drug-likeness (QED) is 0.596. The highest BCUT2D eigenvalue weighted by molar-refractivity contribution is 5.81. The summed E-state index contributed by atoms with van der Waals surface area (Å²) in [5, 5.41) is 12.0. The van der Waals surface area contributed by atoms with Crippen LogP contribution in [0.25, 0.3) is 22.2 Å². The van der Waals surface area contributed by atoms with Gasteiger partial charge in [-0.2, -0.15) is 0 Å². The molecule has 0 fully saturated rings. The summed E-state index contributed by atoms with van der Waals surface area (Å²) in [6.07, 6.45) is 5.57. The Labute approximate surface area is 145 Å². The van der Waals surface area contributed by atoms with Crippen LogP contribution in [0.1, 0.15) is 35.3 Å². The van der Waals surface area contributed by atoms with E-state index in [2.05, 4.69) is 27.8 Å². The normalized spacial score (nSPS) is 16.8. The van der Waals surface area contributed by atoms with Gasteiger partial charge in [-0.25, -0.2) is 4.98 Å². The van der Waals surface area contributed by atoms with Crippen LogP contribution in [0.5, 0.6) is 0 Å². The molecule has 2 unspecified atom stereocenters. The summed E-state index contributed by atoms with van der Waals surface area (Å²) < 4.78 is 7.67. The van der Waals surface area contributed by atoms with Gasteiger partial charge in [-0.3, -0.25) is 0 Å². The lowest BCUT2D eigenvalue weighted by Crippen LogP contribution is -2.10. The van der Waals surface area contributed by atoms with Gasteiger partial charge in [0.25, 0.3) is 0 Å². The third-order valence-electron chi connectivity index (χ3n) is 5.22. The molecule has 0 saturated heterocycles. The van der Waals surface area contributed by atoms with Crippen molar-refractivity contribution in [2.45, 2.75) is 25.5 Å². The van der Waals surface area contributed by atoms with Crippen LogP contribution in [0.15, 0.2) is 65.7 Å². The molecule has 3 heterocycles. The number of furan rings is 1. The van der Waals surface area contributed by atoms with Crippen molar-refractivity contribution < 1.29 is 9.52 Å². The van der Waals surface area contributed by atoms with Gasteiger partial charge < -0.3 is 14.1 Å². The standard InChI is InChI=1S/C21H18N2O2/c1-13-11-25-21-7-6-14(8-17(13)21)20(24)9-18-15-4-2-3-5-16(15)19-10-22-12-23(18)19/h2-8,10-12,18,20,24H,9H2,1H3. The predicted octanol–water partition coefficient (Wildman–Crippen LogP) is 4.63. The van der Waals surface area contributed by atoms with Gasteiger partial charge in [0.15, 0.2) is 0 Å². The first-order valence-electron chi connectivity index (χ1n) is 8.49. The molecular formula is C21H18N2O2. The molecule has 2 aromatic carbocycles. The molecule has 0 aliphatic carbocycles. The highest BCUT2D eigenvalue weighted by atomic mass is 16.3. The fourth-order valence-corrected chi connectivity index (χ4v) is 3.90. The highest BCUT2D eigenvalue weighted by Crippen LogP contribution is 2.43. The zero-order valence-corrected chi connectivity index (χ0v) is 13.9. The van der Waals surface area contributed by atoms with E-state index in [-0.39, 0.29) is 6.04 Å². The van der Waals surface area contributed by atoms with Crippen LogP contribution in [-0.2, 0) is 0 Å². The number of aliphatic hydroxyl groups is 1. The lowest BCUT2D eigenvalue weighted by atomic mass is 9.95. The highest BCUT2D eigenvalue weighted by Gasteiger charge is 2.30. The van der Waals surface area contributed by atoms with E-state index in [1.165, 1.54) is 11.1 Å². The Morgan fingerprint density at radius 2 is 2.12 bits per heavy atom. The summed E-state index contributed by atoms with van der Waals surface area (Å²) >= 11 is 0. The van der Waals surface area contributed by atoms with Gasteiger partial charge in [-0.15, -0.1) is 0 Å². The van der Waals surface area contributed by atoms with Gasteiger partial charge in [0.2, 0.25) is 0 Å². The number of fused-ring (bicyclic) bond motifs is 4. The lowest BCUT2D eigenvalue weighted by molar-refractivity contribution is 0.154. The SMILES string of the molecule is Cc1coc2ccc(C(O)CC3c4ccccc4-c4cncn43)cc12. The van der Waals surface area contributed by atoms with E-state index in [1.54, 1.807) is 6.26 Å². The number of imidazole rings is 1. The van der Waals surface area contributed by atoms with E-state index in [9.17, 15) is 5.11 Å². The minimum atomic E-state index is -0.551. The maximum absolute atomic E-state index is 10.9. The summed E-state index contributed by atoms with van der Waals surface area (Å²) in [6.45, 7) is 2.02. The van der Waals surface area contributed by atoms with Gasteiger partial charge in [0.05, 0.1) is 36.6 Å². The molecule has 4 nitrogen and oxygen atoms in total. The maximum atomic E-state index is 10.9. The van der Waals surface area contributed by atoms with Gasteiger partial charge in [-0.1, -0.05) is 30.3 Å². The Bertz CT molecular complexity index is 1080. The number of nitrogens with zero attached hydrogens (tertiary/aromatic N) is 2. The summed E-state index contributed by atoms with van der Waals surface area (Å²) in [7, 11) is 0. The monoisotopic (exact) mass is 330 g/mol. The number of benzene rings is 2. The maximum Gasteiger partial charge on any atom is 0.134 e. The van der Waals surface area contributed by atoms with Gasteiger partial charge >= 0.3 is 0 Å². The minimum absolute atomic E-state index is 0.102. The molecule has 0 bridgehead atoms. The fraction of sp³-hybridized carbons (Fsp3) is 0.190.